The van der Waals surface area contributed by atoms with E-state index in [4.69, 9.17) is 5.26 Å². The number of Topliss-reactive ketones (excluding diaryl/α,β-unsaturated/α-hetero) is 1. The van der Waals surface area contributed by atoms with Crippen molar-refractivity contribution in [3.05, 3.63) is 59.9 Å². The van der Waals surface area contributed by atoms with Gasteiger partial charge >= 0.3 is 6.36 Å². The number of hydrogen-bond acceptors (Lipinski definition) is 5. The predicted molar refractivity (Wildman–Crippen MR) is 80.5 cm³/mol. The number of nitrogens with one attached hydrogen (secondary N) is 1. The molecule has 9 heteroatoms. The topological polar surface area (TPSA) is 74.5 Å². The Kier molecular flexibility index (Phi) is 5.34. The first-order valence-electron chi connectivity index (χ1n) is 6.68. The highest BCUT2D eigenvalue weighted by molar-refractivity contribution is 6.51. The number of ether oxygens (including phenoxy) is 1. The van der Waals surface area contributed by atoms with E-state index in [1.165, 1.54) is 12.1 Å². The van der Waals surface area contributed by atoms with E-state index in [0.717, 1.165) is 36.4 Å². The normalized spacial score (nSPS) is 11.6. The molecule has 2 rings (SSSR count). The van der Waals surface area contributed by atoms with E-state index in [2.05, 4.69) is 15.3 Å². The van der Waals surface area contributed by atoms with Crippen molar-refractivity contribution in [3.63, 3.8) is 0 Å². The predicted octanol–water partition coefficient (Wildman–Crippen LogP) is 3.90. The highest BCUT2D eigenvalue weighted by Crippen LogP contribution is 2.23. The summed E-state index contributed by atoms with van der Waals surface area (Å²) in [6, 6.07) is 10.7. The van der Waals surface area contributed by atoms with Crippen molar-refractivity contribution in [2.24, 2.45) is 5.10 Å². The van der Waals surface area contributed by atoms with Gasteiger partial charge in [-0.05, 0) is 48.5 Å². The van der Waals surface area contributed by atoms with Gasteiger partial charge in [0.15, 0.2) is 0 Å². The van der Waals surface area contributed by atoms with Gasteiger partial charge in [-0.3, -0.25) is 10.2 Å². The molecular weight excluding hydrogens is 342 g/mol. The molecule has 0 unspecified atom stereocenters. The minimum atomic E-state index is -4.84. The fourth-order valence-electron chi connectivity index (χ4n) is 1.72. The van der Waals surface area contributed by atoms with Crippen LogP contribution in [0.3, 0.4) is 0 Å². The number of alkyl halides is 3. The van der Waals surface area contributed by atoms with Crippen molar-refractivity contribution < 1.29 is 27.1 Å². The zero-order valence-corrected chi connectivity index (χ0v) is 12.3. The number of halogens is 4. The Hall–Kier alpha value is -3.41. The first-order chi connectivity index (χ1) is 11.8. The van der Waals surface area contributed by atoms with Gasteiger partial charge in [0.25, 0.3) is 0 Å². The second-order valence-electron chi connectivity index (χ2n) is 4.59. The number of carbonyl (C=O) groups is 1. The second kappa shape index (κ2) is 7.44. The molecule has 5 nitrogen and oxygen atoms in total. The van der Waals surface area contributed by atoms with Crippen LogP contribution in [0.2, 0.25) is 0 Å². The number of rotatable bonds is 5. The van der Waals surface area contributed by atoms with Crippen molar-refractivity contribution in [3.8, 4) is 11.8 Å². The van der Waals surface area contributed by atoms with E-state index in [0.29, 0.717) is 5.69 Å². The Labute approximate surface area is 139 Å². The summed E-state index contributed by atoms with van der Waals surface area (Å²) >= 11 is 0. The monoisotopic (exact) mass is 351 g/mol. The Morgan fingerprint density at radius 2 is 1.68 bits per heavy atom. The summed E-state index contributed by atoms with van der Waals surface area (Å²) < 4.78 is 52.7. The molecule has 0 radical (unpaired) electrons. The van der Waals surface area contributed by atoms with E-state index < -0.39 is 29.4 Å². The molecule has 2 aromatic carbocycles. The van der Waals surface area contributed by atoms with Crippen LogP contribution < -0.4 is 10.2 Å². The van der Waals surface area contributed by atoms with Gasteiger partial charge in [-0.25, -0.2) is 4.39 Å². The van der Waals surface area contributed by atoms with E-state index in [9.17, 15) is 22.4 Å². The van der Waals surface area contributed by atoms with Gasteiger partial charge in [0.1, 0.15) is 17.6 Å². The van der Waals surface area contributed by atoms with Crippen LogP contribution in [0.5, 0.6) is 5.75 Å². The SMILES string of the molecule is N#CC(=NNc1ccc(F)cc1)C(=O)c1ccc(OC(F)(F)F)cc1. The van der Waals surface area contributed by atoms with Gasteiger partial charge in [-0.15, -0.1) is 13.2 Å². The molecule has 25 heavy (non-hydrogen) atoms. The van der Waals surface area contributed by atoms with Crippen LogP contribution in [0.1, 0.15) is 10.4 Å². The van der Waals surface area contributed by atoms with Crippen LogP contribution in [-0.2, 0) is 0 Å². The molecule has 0 heterocycles. The quantitative estimate of drug-likeness (QED) is 0.384. The first-order valence-corrected chi connectivity index (χ1v) is 6.68. The van der Waals surface area contributed by atoms with Crippen LogP contribution in [0.15, 0.2) is 53.6 Å². The lowest BCUT2D eigenvalue weighted by atomic mass is 10.1. The minimum absolute atomic E-state index is 0.0456. The van der Waals surface area contributed by atoms with Gasteiger partial charge in [-0.2, -0.15) is 10.4 Å². The number of carbonyl (C=O) groups excluding carboxylic acids is 1. The van der Waals surface area contributed by atoms with Crippen molar-refractivity contribution in [2.75, 3.05) is 5.43 Å². The lowest BCUT2D eigenvalue weighted by Gasteiger charge is -2.08. The van der Waals surface area contributed by atoms with Crippen LogP contribution in [-0.4, -0.2) is 17.9 Å². The largest absolute Gasteiger partial charge is 0.573 e. The van der Waals surface area contributed by atoms with E-state index in [1.54, 1.807) is 6.07 Å². The van der Waals surface area contributed by atoms with Gasteiger partial charge in [0, 0.05) is 5.56 Å². The lowest BCUT2D eigenvalue weighted by molar-refractivity contribution is -0.274. The van der Waals surface area contributed by atoms with Crippen LogP contribution in [0.4, 0.5) is 23.2 Å². The molecule has 0 fully saturated rings. The molecule has 2 aromatic rings. The van der Waals surface area contributed by atoms with Crippen molar-refractivity contribution in [1.82, 2.24) is 0 Å². The van der Waals surface area contributed by atoms with Gasteiger partial charge in [-0.1, -0.05) is 0 Å². The summed E-state index contributed by atoms with van der Waals surface area (Å²) in [7, 11) is 0. The highest BCUT2D eigenvalue weighted by Gasteiger charge is 2.31. The Balaban J connectivity index is 2.12. The highest BCUT2D eigenvalue weighted by atomic mass is 19.4. The third kappa shape index (κ3) is 5.31. The molecule has 0 saturated heterocycles. The van der Waals surface area contributed by atoms with Crippen LogP contribution in [0, 0.1) is 17.1 Å². The maximum Gasteiger partial charge on any atom is 0.573 e. The number of ketones is 1. The van der Waals surface area contributed by atoms with Crippen LogP contribution >= 0.6 is 0 Å². The summed E-state index contributed by atoms with van der Waals surface area (Å²) in [6.07, 6.45) is -4.84. The number of nitriles is 1. The number of hydrogen-bond donors (Lipinski definition) is 1. The summed E-state index contributed by atoms with van der Waals surface area (Å²) in [5.74, 6) is -1.76. The molecule has 0 bridgehead atoms. The summed E-state index contributed by atoms with van der Waals surface area (Å²) in [6.45, 7) is 0. The number of anilines is 1. The Bertz CT molecular complexity index is 822. The van der Waals surface area contributed by atoms with Gasteiger partial charge < -0.3 is 4.74 Å². The average Bonchev–Trinajstić information content (AvgIpc) is 2.56. The Morgan fingerprint density at radius 3 is 2.20 bits per heavy atom. The van der Waals surface area contributed by atoms with Gasteiger partial charge in [0.05, 0.1) is 5.69 Å². The molecule has 0 saturated carbocycles. The zero-order valence-electron chi connectivity index (χ0n) is 12.3. The number of hydrazone groups is 1. The van der Waals surface area contributed by atoms with E-state index >= 15 is 0 Å². The zero-order chi connectivity index (χ0) is 18.4. The standard InChI is InChI=1S/C16H9F4N3O2/c17-11-3-5-12(6-4-11)22-23-14(9-21)15(24)10-1-7-13(8-2-10)25-16(18,19)20/h1-8,22H. The maximum absolute atomic E-state index is 12.8. The van der Waals surface area contributed by atoms with E-state index in [1.807, 2.05) is 0 Å². The maximum atomic E-state index is 12.8. The first kappa shape index (κ1) is 17.9. The lowest BCUT2D eigenvalue weighted by Crippen LogP contribution is -2.17. The third-order valence-electron chi connectivity index (χ3n) is 2.81. The second-order valence-corrected chi connectivity index (χ2v) is 4.59. The van der Waals surface area contributed by atoms with Crippen molar-refractivity contribution in [1.29, 1.82) is 5.26 Å². The molecule has 0 amide bonds. The summed E-state index contributed by atoms with van der Waals surface area (Å²) in [5, 5.41) is 12.6. The molecule has 0 atom stereocenters. The molecule has 1 N–H and O–H groups in total. The molecule has 0 aromatic heterocycles. The summed E-state index contributed by atoms with van der Waals surface area (Å²) in [4.78, 5) is 12.1. The molecule has 0 aliphatic heterocycles. The number of benzene rings is 2. The summed E-state index contributed by atoms with van der Waals surface area (Å²) in [5.41, 5.74) is 2.20. The molecule has 0 spiro atoms. The van der Waals surface area contributed by atoms with E-state index in [-0.39, 0.29) is 5.56 Å². The molecular formula is C16H9F4N3O2. The number of nitrogens with zero attached hydrogens (tertiary/aromatic N) is 2. The fraction of sp³-hybridized carbons (Fsp3) is 0.0625. The third-order valence-corrected chi connectivity index (χ3v) is 2.81. The van der Waals surface area contributed by atoms with Crippen molar-refractivity contribution >= 4 is 17.2 Å². The molecule has 128 valence electrons. The van der Waals surface area contributed by atoms with Gasteiger partial charge in [0.2, 0.25) is 11.5 Å². The molecule has 0 aliphatic rings. The minimum Gasteiger partial charge on any atom is -0.406 e. The van der Waals surface area contributed by atoms with Crippen molar-refractivity contribution in [2.45, 2.75) is 6.36 Å². The fourth-order valence-corrected chi connectivity index (χ4v) is 1.72. The average molecular weight is 351 g/mol. The Morgan fingerprint density at radius 1 is 1.08 bits per heavy atom. The van der Waals surface area contributed by atoms with Crippen LogP contribution in [0.25, 0.3) is 0 Å². The smallest absolute Gasteiger partial charge is 0.406 e. The molecule has 0 aliphatic carbocycles.